The molecule has 0 aliphatic carbocycles. The molecule has 0 saturated carbocycles. The summed E-state index contributed by atoms with van der Waals surface area (Å²) in [6, 6.07) is 7.68. The van der Waals surface area contributed by atoms with Crippen molar-refractivity contribution in [1.29, 1.82) is 0 Å². The fraction of sp³-hybridized carbons (Fsp3) is 0.118. The van der Waals surface area contributed by atoms with Crippen molar-refractivity contribution >= 4 is 45.2 Å². The summed E-state index contributed by atoms with van der Waals surface area (Å²) in [5.41, 5.74) is 0.738. The second-order valence-corrected chi connectivity index (χ2v) is 6.01. The molecule has 0 aromatic heterocycles. The number of rotatable bonds is 5. The number of amides is 1. The molecule has 24 heavy (non-hydrogen) atoms. The van der Waals surface area contributed by atoms with Crippen molar-refractivity contribution in [2.45, 2.75) is 0 Å². The first-order valence-corrected chi connectivity index (χ1v) is 7.97. The second kappa shape index (κ2) is 8.17. The van der Waals surface area contributed by atoms with E-state index in [1.165, 1.54) is 32.4 Å². The van der Waals surface area contributed by atoms with Crippen LogP contribution in [0.15, 0.2) is 40.9 Å². The third-order valence-corrected chi connectivity index (χ3v) is 3.85. The zero-order valence-electron chi connectivity index (χ0n) is 12.9. The lowest BCUT2D eigenvalue weighted by Crippen LogP contribution is -2.09. The predicted molar refractivity (Wildman–Crippen MR) is 96.3 cm³/mol. The highest BCUT2D eigenvalue weighted by atomic mass is 79.9. The normalized spacial score (nSPS) is 10.7. The maximum atomic E-state index is 13.7. The van der Waals surface area contributed by atoms with Crippen molar-refractivity contribution in [2.75, 3.05) is 19.5 Å². The van der Waals surface area contributed by atoms with Crippen molar-refractivity contribution in [2.24, 2.45) is 0 Å². The lowest BCUT2D eigenvalue weighted by molar-refractivity contribution is -0.111. The monoisotopic (exact) mass is 413 g/mol. The van der Waals surface area contributed by atoms with Gasteiger partial charge in [-0.2, -0.15) is 0 Å². The molecule has 0 unspecified atom stereocenters. The molecule has 1 N–H and O–H groups in total. The minimum absolute atomic E-state index is 0.0955. The van der Waals surface area contributed by atoms with Gasteiger partial charge in [0.15, 0.2) is 11.5 Å². The van der Waals surface area contributed by atoms with Crippen LogP contribution in [0.2, 0.25) is 5.02 Å². The topological polar surface area (TPSA) is 47.6 Å². The van der Waals surface area contributed by atoms with Gasteiger partial charge in [0, 0.05) is 10.5 Å². The maximum absolute atomic E-state index is 13.7. The lowest BCUT2D eigenvalue weighted by Gasteiger charge is -2.10. The summed E-state index contributed by atoms with van der Waals surface area (Å²) in [4.78, 5) is 11.9. The molecule has 1 amide bonds. The number of carbonyl (C=O) groups is 1. The molecule has 2 aromatic carbocycles. The molecule has 0 aliphatic rings. The van der Waals surface area contributed by atoms with Crippen LogP contribution >= 0.6 is 27.5 Å². The van der Waals surface area contributed by atoms with Gasteiger partial charge in [-0.1, -0.05) is 27.5 Å². The first-order chi connectivity index (χ1) is 11.4. The zero-order valence-corrected chi connectivity index (χ0v) is 15.2. The first kappa shape index (κ1) is 18.3. The Balaban J connectivity index is 2.15. The van der Waals surface area contributed by atoms with Gasteiger partial charge in [-0.25, -0.2) is 4.39 Å². The van der Waals surface area contributed by atoms with E-state index in [1.54, 1.807) is 24.3 Å². The molecule has 7 heteroatoms. The molecule has 2 rings (SSSR count). The summed E-state index contributed by atoms with van der Waals surface area (Å²) in [5, 5.41) is 2.82. The molecule has 0 spiro atoms. The summed E-state index contributed by atoms with van der Waals surface area (Å²) in [7, 11) is 2.98. The number of methoxy groups -OCH3 is 2. The summed E-state index contributed by atoms with van der Waals surface area (Å²) >= 11 is 9.26. The van der Waals surface area contributed by atoms with Crippen molar-refractivity contribution in [3.8, 4) is 11.5 Å². The molecule has 0 aliphatic heterocycles. The predicted octanol–water partition coefficient (Wildman–Crippen LogP) is 4.91. The number of benzene rings is 2. The molecular formula is C17H14BrClFNO3. The zero-order chi connectivity index (χ0) is 17.7. The van der Waals surface area contributed by atoms with Gasteiger partial charge in [0.05, 0.1) is 24.9 Å². The standard InChI is InChI=1S/C17H14BrClFNO3/c1-23-15-8-10(7-12(19)17(15)24-2)3-6-16(22)21-14-5-4-11(18)9-13(14)20/h3-9H,1-2H3,(H,21,22)/b6-3+. The summed E-state index contributed by atoms with van der Waals surface area (Å²) in [5.74, 6) is -0.135. The Morgan fingerprint density at radius 1 is 1.25 bits per heavy atom. The van der Waals surface area contributed by atoms with Crippen LogP contribution in [0.25, 0.3) is 6.08 Å². The van der Waals surface area contributed by atoms with Crippen molar-refractivity contribution < 1.29 is 18.7 Å². The van der Waals surface area contributed by atoms with E-state index in [-0.39, 0.29) is 5.69 Å². The largest absolute Gasteiger partial charge is 0.493 e. The molecule has 0 radical (unpaired) electrons. The number of nitrogens with one attached hydrogen (secondary N) is 1. The van der Waals surface area contributed by atoms with Gasteiger partial charge in [-0.15, -0.1) is 0 Å². The fourth-order valence-corrected chi connectivity index (χ4v) is 2.60. The van der Waals surface area contributed by atoms with Crippen LogP contribution in [-0.4, -0.2) is 20.1 Å². The van der Waals surface area contributed by atoms with Crippen LogP contribution in [0.3, 0.4) is 0 Å². The van der Waals surface area contributed by atoms with Gasteiger partial charge in [0.2, 0.25) is 5.91 Å². The number of halogens is 3. The van der Waals surface area contributed by atoms with Crippen LogP contribution in [0.1, 0.15) is 5.56 Å². The van der Waals surface area contributed by atoms with E-state index < -0.39 is 11.7 Å². The lowest BCUT2D eigenvalue weighted by atomic mass is 10.2. The molecular weight excluding hydrogens is 401 g/mol. The Morgan fingerprint density at radius 3 is 2.62 bits per heavy atom. The third kappa shape index (κ3) is 4.49. The number of ether oxygens (including phenoxy) is 2. The number of hydrogen-bond donors (Lipinski definition) is 1. The van der Waals surface area contributed by atoms with Gasteiger partial charge >= 0.3 is 0 Å². The third-order valence-electron chi connectivity index (χ3n) is 3.07. The van der Waals surface area contributed by atoms with Gasteiger partial charge in [0.25, 0.3) is 0 Å². The highest BCUT2D eigenvalue weighted by molar-refractivity contribution is 9.10. The smallest absolute Gasteiger partial charge is 0.248 e. The van der Waals surface area contributed by atoms with Crippen molar-refractivity contribution in [1.82, 2.24) is 0 Å². The minimum Gasteiger partial charge on any atom is -0.493 e. The molecule has 0 atom stereocenters. The average Bonchev–Trinajstić information content (AvgIpc) is 2.55. The Labute approximate surface area is 152 Å². The van der Waals surface area contributed by atoms with E-state index in [9.17, 15) is 9.18 Å². The maximum Gasteiger partial charge on any atom is 0.248 e. The van der Waals surface area contributed by atoms with Crippen LogP contribution in [0.4, 0.5) is 10.1 Å². The van der Waals surface area contributed by atoms with Gasteiger partial charge in [-0.3, -0.25) is 4.79 Å². The van der Waals surface area contributed by atoms with E-state index in [0.29, 0.717) is 26.6 Å². The second-order valence-electron chi connectivity index (χ2n) is 4.68. The summed E-state index contributed by atoms with van der Waals surface area (Å²) in [6.45, 7) is 0. The van der Waals surface area contributed by atoms with Crippen molar-refractivity contribution in [3.05, 3.63) is 57.3 Å². The number of anilines is 1. The van der Waals surface area contributed by atoms with E-state index in [4.69, 9.17) is 21.1 Å². The molecule has 0 bridgehead atoms. The first-order valence-electron chi connectivity index (χ1n) is 6.80. The highest BCUT2D eigenvalue weighted by Gasteiger charge is 2.10. The van der Waals surface area contributed by atoms with Crippen LogP contribution in [-0.2, 0) is 4.79 Å². The van der Waals surface area contributed by atoms with Crippen molar-refractivity contribution in [3.63, 3.8) is 0 Å². The Morgan fingerprint density at radius 2 is 2.00 bits per heavy atom. The molecule has 2 aromatic rings. The molecule has 0 fully saturated rings. The Hall–Kier alpha value is -2.05. The van der Waals surface area contributed by atoms with Crippen LogP contribution in [0.5, 0.6) is 11.5 Å². The van der Waals surface area contributed by atoms with E-state index >= 15 is 0 Å². The Kier molecular flexibility index (Phi) is 6.23. The number of carbonyl (C=O) groups excluding carboxylic acids is 1. The summed E-state index contributed by atoms with van der Waals surface area (Å²) < 4.78 is 24.6. The van der Waals surface area contributed by atoms with Crippen LogP contribution in [0, 0.1) is 5.82 Å². The number of hydrogen-bond acceptors (Lipinski definition) is 3. The van der Waals surface area contributed by atoms with E-state index in [2.05, 4.69) is 21.2 Å². The highest BCUT2D eigenvalue weighted by Crippen LogP contribution is 2.36. The fourth-order valence-electron chi connectivity index (χ4n) is 1.97. The van der Waals surface area contributed by atoms with Gasteiger partial charge in [-0.05, 0) is 42.0 Å². The molecule has 4 nitrogen and oxygen atoms in total. The van der Waals surface area contributed by atoms with E-state index in [0.717, 1.165) is 0 Å². The van der Waals surface area contributed by atoms with Gasteiger partial charge < -0.3 is 14.8 Å². The van der Waals surface area contributed by atoms with Gasteiger partial charge in [0.1, 0.15) is 5.82 Å². The quantitative estimate of drug-likeness (QED) is 0.707. The molecule has 126 valence electrons. The molecule has 0 saturated heterocycles. The van der Waals surface area contributed by atoms with Crippen LogP contribution < -0.4 is 14.8 Å². The molecule has 0 heterocycles. The minimum atomic E-state index is -0.528. The summed E-state index contributed by atoms with van der Waals surface area (Å²) in [6.07, 6.45) is 2.82. The SMILES string of the molecule is COc1cc(/C=C/C(=O)Nc2ccc(Br)cc2F)cc(Cl)c1OC. The average molecular weight is 415 g/mol. The Bertz CT molecular complexity index is 796. The van der Waals surface area contributed by atoms with E-state index in [1.807, 2.05) is 0 Å².